The van der Waals surface area contributed by atoms with Gasteiger partial charge in [0.25, 0.3) is 0 Å². The van der Waals surface area contributed by atoms with E-state index in [4.69, 9.17) is 23.8 Å². The molecule has 0 bridgehead atoms. The van der Waals surface area contributed by atoms with Crippen molar-refractivity contribution in [1.82, 2.24) is 19.5 Å². The van der Waals surface area contributed by atoms with Gasteiger partial charge in [-0.3, -0.25) is 0 Å². The van der Waals surface area contributed by atoms with Gasteiger partial charge >= 0.3 is 0 Å². The van der Waals surface area contributed by atoms with Crippen molar-refractivity contribution in [3.8, 4) is 39.9 Å². The summed E-state index contributed by atoms with van der Waals surface area (Å²) in [6.07, 6.45) is 0. The number of nitrogens with zero attached hydrogens (tertiary/aromatic N) is 4. The summed E-state index contributed by atoms with van der Waals surface area (Å²) >= 11 is 1.78. The number of para-hydroxylation sites is 2. The molecule has 0 saturated heterocycles. The maximum Gasteiger partial charge on any atom is 0.166 e. The molecule has 6 nitrogen and oxygen atoms in total. The minimum absolute atomic E-state index is 0.533. The first kappa shape index (κ1) is 35.8. The van der Waals surface area contributed by atoms with Gasteiger partial charge in [0.2, 0.25) is 0 Å². The lowest BCUT2D eigenvalue weighted by molar-refractivity contribution is 0.666. The Morgan fingerprint density at radius 1 is 0.348 bits per heavy atom. The topological polar surface area (TPSA) is 69.9 Å². The minimum atomic E-state index is 0.533. The van der Waals surface area contributed by atoms with E-state index in [0.717, 1.165) is 110 Å². The monoisotopic (exact) mass is 860 g/mol. The minimum Gasteiger partial charge on any atom is -0.456 e. The van der Waals surface area contributed by atoms with E-state index >= 15 is 0 Å². The first-order valence-corrected chi connectivity index (χ1v) is 22.9. The Morgan fingerprint density at radius 3 is 1.82 bits per heavy atom. The van der Waals surface area contributed by atoms with Crippen molar-refractivity contribution in [2.45, 2.75) is 0 Å². The fraction of sp³-hybridized carbons (Fsp3) is 0. The van der Waals surface area contributed by atoms with Crippen LogP contribution in [0.25, 0.3) is 147 Å². The second kappa shape index (κ2) is 13.4. The number of aromatic nitrogens is 4. The third kappa shape index (κ3) is 5.03. The fourth-order valence-electron chi connectivity index (χ4n) is 10.6. The van der Waals surface area contributed by atoms with Crippen LogP contribution in [0.15, 0.2) is 203 Å². The number of hydrogen-bond donors (Lipinski definition) is 0. The molecule has 5 heterocycles. The van der Waals surface area contributed by atoms with Crippen LogP contribution in [0, 0.1) is 0 Å². The molecule has 0 aliphatic heterocycles. The van der Waals surface area contributed by atoms with Crippen molar-refractivity contribution in [3.63, 3.8) is 0 Å². The van der Waals surface area contributed by atoms with Crippen LogP contribution in [0.5, 0.6) is 0 Å². The molecule has 0 amide bonds. The SMILES string of the molecule is c1ccc2cc3c(cc2c1)c1ccccc1n3-c1c(-c2nc(-c3cccc4oc5ccccc5c34)nc(-c3cccc4sc5ccccc5c34)n2)ccc2c1oc1ccc3ccccc3c12. The molecule has 0 fully saturated rings. The zero-order valence-electron chi connectivity index (χ0n) is 35.0. The molecule has 0 radical (unpaired) electrons. The first-order valence-electron chi connectivity index (χ1n) is 22.1. The Hall–Kier alpha value is -8.65. The summed E-state index contributed by atoms with van der Waals surface area (Å²) in [7, 11) is 0. The molecule has 0 atom stereocenters. The van der Waals surface area contributed by atoms with Crippen LogP contribution in [0.1, 0.15) is 0 Å². The molecule has 0 unspecified atom stereocenters. The average molecular weight is 861 g/mol. The van der Waals surface area contributed by atoms with Crippen LogP contribution >= 0.6 is 11.3 Å². The van der Waals surface area contributed by atoms with Crippen molar-refractivity contribution in [3.05, 3.63) is 194 Å². The molecule has 306 valence electrons. The quantitative estimate of drug-likeness (QED) is 0.176. The van der Waals surface area contributed by atoms with Gasteiger partial charge < -0.3 is 13.4 Å². The van der Waals surface area contributed by atoms with E-state index in [9.17, 15) is 0 Å². The van der Waals surface area contributed by atoms with Crippen molar-refractivity contribution < 1.29 is 8.83 Å². The molecule has 7 heteroatoms. The molecule has 15 aromatic rings. The molecular formula is C59H32N4O2S. The molecule has 5 aromatic heterocycles. The lowest BCUT2D eigenvalue weighted by Gasteiger charge is -2.16. The summed E-state index contributed by atoms with van der Waals surface area (Å²) < 4.78 is 18.4. The van der Waals surface area contributed by atoms with Gasteiger partial charge in [-0.1, -0.05) is 133 Å². The van der Waals surface area contributed by atoms with Gasteiger partial charge in [-0.2, -0.15) is 0 Å². The maximum atomic E-state index is 7.18. The van der Waals surface area contributed by atoms with Crippen molar-refractivity contribution in [2.75, 3.05) is 0 Å². The smallest absolute Gasteiger partial charge is 0.166 e. The zero-order valence-corrected chi connectivity index (χ0v) is 35.8. The average Bonchev–Trinajstić information content (AvgIpc) is 4.14. The van der Waals surface area contributed by atoms with Crippen LogP contribution < -0.4 is 0 Å². The van der Waals surface area contributed by atoms with Crippen LogP contribution in [-0.4, -0.2) is 19.5 Å². The Bertz CT molecular complexity index is 4420. The highest BCUT2D eigenvalue weighted by atomic mass is 32.1. The molecule has 0 N–H and O–H groups in total. The second-order valence-corrected chi connectivity index (χ2v) is 18.1. The van der Waals surface area contributed by atoms with Crippen molar-refractivity contribution in [2.24, 2.45) is 0 Å². The highest BCUT2D eigenvalue weighted by Gasteiger charge is 2.26. The van der Waals surface area contributed by atoms with Gasteiger partial charge in [0.1, 0.15) is 22.4 Å². The fourth-order valence-corrected chi connectivity index (χ4v) is 11.7. The molecular weight excluding hydrogens is 829 g/mol. The Balaban J connectivity index is 1.11. The van der Waals surface area contributed by atoms with Crippen LogP contribution in [0.3, 0.4) is 0 Å². The normalized spacial score (nSPS) is 12.2. The highest BCUT2D eigenvalue weighted by molar-refractivity contribution is 7.25. The maximum absolute atomic E-state index is 7.18. The predicted octanol–water partition coefficient (Wildman–Crippen LogP) is 16.4. The van der Waals surface area contributed by atoms with E-state index in [-0.39, 0.29) is 0 Å². The molecule has 0 spiro atoms. The largest absolute Gasteiger partial charge is 0.456 e. The number of fused-ring (bicyclic) bond motifs is 15. The van der Waals surface area contributed by atoms with E-state index in [1.165, 1.54) is 20.2 Å². The molecule has 0 saturated carbocycles. The van der Waals surface area contributed by atoms with Crippen LogP contribution in [0.4, 0.5) is 0 Å². The first-order chi connectivity index (χ1) is 32.7. The molecule has 15 rings (SSSR count). The van der Waals surface area contributed by atoms with Gasteiger partial charge in [0.05, 0.1) is 11.0 Å². The number of benzene rings is 10. The second-order valence-electron chi connectivity index (χ2n) is 17.0. The number of hydrogen-bond acceptors (Lipinski definition) is 6. The Morgan fingerprint density at radius 2 is 0.970 bits per heavy atom. The highest BCUT2D eigenvalue weighted by Crippen LogP contribution is 2.46. The molecule has 0 aliphatic carbocycles. The van der Waals surface area contributed by atoms with E-state index in [0.29, 0.717) is 17.5 Å². The summed E-state index contributed by atoms with van der Waals surface area (Å²) in [6, 6.07) is 68.4. The number of rotatable bonds is 4. The standard InChI is InChI=1S/C59H32N4O2S/c1-2-15-35-32-46-44(31-34(35)14-1)37-17-5-8-22-45(37)63(46)55-43(29-28-40-52-36-16-4-3-13-33(36)27-30-49(52)65-56(40)55)59-61-57(41-20-11-24-48-53(41)38-18-6-9-23-47(38)64-48)60-58(62-59)42-21-12-26-51-54(42)39-19-7-10-25-50(39)66-51/h1-32H. The Kier molecular flexibility index (Phi) is 7.28. The van der Waals surface area contributed by atoms with E-state index in [1.807, 2.05) is 30.3 Å². The van der Waals surface area contributed by atoms with Gasteiger partial charge in [0, 0.05) is 69.2 Å². The third-order valence-corrected chi connectivity index (χ3v) is 14.6. The van der Waals surface area contributed by atoms with Gasteiger partial charge in [-0.15, -0.1) is 11.3 Å². The third-order valence-electron chi connectivity index (χ3n) is 13.4. The Labute approximate surface area is 379 Å². The van der Waals surface area contributed by atoms with Gasteiger partial charge in [-0.05, 0) is 82.2 Å². The van der Waals surface area contributed by atoms with E-state index < -0.39 is 0 Å². The lowest BCUT2D eigenvalue weighted by Crippen LogP contribution is -2.04. The molecule has 0 aliphatic rings. The summed E-state index contributed by atoms with van der Waals surface area (Å²) in [5, 5.41) is 13.3. The zero-order chi connectivity index (χ0) is 43.0. The molecule has 10 aromatic carbocycles. The summed E-state index contributed by atoms with van der Waals surface area (Å²) in [5.41, 5.74) is 8.78. The summed E-state index contributed by atoms with van der Waals surface area (Å²) in [5.74, 6) is 1.67. The lowest BCUT2D eigenvalue weighted by atomic mass is 10.0. The number of furan rings is 2. The predicted molar refractivity (Wildman–Crippen MR) is 273 cm³/mol. The van der Waals surface area contributed by atoms with Crippen molar-refractivity contribution >= 4 is 119 Å². The summed E-state index contributed by atoms with van der Waals surface area (Å²) in [4.78, 5) is 16.5. The molecule has 66 heavy (non-hydrogen) atoms. The van der Waals surface area contributed by atoms with Gasteiger partial charge in [-0.25, -0.2) is 15.0 Å². The van der Waals surface area contributed by atoms with Crippen molar-refractivity contribution in [1.29, 1.82) is 0 Å². The van der Waals surface area contributed by atoms with E-state index in [1.54, 1.807) is 11.3 Å². The summed E-state index contributed by atoms with van der Waals surface area (Å²) in [6.45, 7) is 0. The van der Waals surface area contributed by atoms with E-state index in [2.05, 4.69) is 168 Å². The van der Waals surface area contributed by atoms with Crippen LogP contribution in [0.2, 0.25) is 0 Å². The van der Waals surface area contributed by atoms with Gasteiger partial charge in [0.15, 0.2) is 23.1 Å². The number of thiophene rings is 1. The van der Waals surface area contributed by atoms with Crippen LogP contribution in [-0.2, 0) is 0 Å².